The first-order valence-electron chi connectivity index (χ1n) is 7.99. The van der Waals surface area contributed by atoms with E-state index in [9.17, 15) is 26.4 Å². The molecule has 0 bridgehead atoms. The molecule has 0 spiro atoms. The number of pyridine rings is 1. The van der Waals surface area contributed by atoms with Gasteiger partial charge in [0, 0.05) is 18.8 Å². The third kappa shape index (κ3) is 4.13. The van der Waals surface area contributed by atoms with Crippen molar-refractivity contribution in [3.63, 3.8) is 0 Å². The summed E-state index contributed by atoms with van der Waals surface area (Å²) in [5, 5.41) is 1.47. The number of carbonyl (C=O) groups excluding carboxylic acids is 1. The molecule has 28 heavy (non-hydrogen) atoms. The van der Waals surface area contributed by atoms with Gasteiger partial charge in [-0.05, 0) is 23.9 Å². The van der Waals surface area contributed by atoms with Crippen molar-refractivity contribution in [2.75, 3.05) is 20.2 Å². The minimum Gasteiger partial charge on any atom is -0.473 e. The lowest BCUT2D eigenvalue weighted by atomic mass is 10.2. The second-order valence-corrected chi connectivity index (χ2v) is 8.70. The Kier molecular flexibility index (Phi) is 5.64. The Morgan fingerprint density at radius 3 is 2.79 bits per heavy atom. The number of halogens is 3. The molecule has 0 aliphatic carbocycles. The van der Waals surface area contributed by atoms with E-state index in [1.54, 1.807) is 0 Å². The standard InChI is InChI=1S/C16H15F3N2O5S2/c1-25-15(22)14-12(4-7-27-14)28(23,24)21-6-3-11(9-21)26-13-8-10(2-5-20-13)16(17,18)19/h2,4-5,7-8,11H,3,6,9H2,1H3. The van der Waals surface area contributed by atoms with Gasteiger partial charge in [-0.2, -0.15) is 17.5 Å². The molecule has 1 unspecified atom stereocenters. The number of thiophene rings is 1. The highest BCUT2D eigenvalue weighted by atomic mass is 32.2. The van der Waals surface area contributed by atoms with E-state index in [2.05, 4.69) is 9.72 Å². The molecule has 1 aliphatic rings. The fourth-order valence-electron chi connectivity index (χ4n) is 2.71. The van der Waals surface area contributed by atoms with Crippen LogP contribution in [0.1, 0.15) is 21.7 Å². The van der Waals surface area contributed by atoms with Crippen LogP contribution in [0, 0.1) is 0 Å². The van der Waals surface area contributed by atoms with Crippen LogP contribution in [0.3, 0.4) is 0 Å². The van der Waals surface area contributed by atoms with E-state index >= 15 is 0 Å². The van der Waals surface area contributed by atoms with Crippen LogP contribution in [-0.2, 0) is 20.9 Å². The molecule has 7 nitrogen and oxygen atoms in total. The number of methoxy groups -OCH3 is 1. The lowest BCUT2D eigenvalue weighted by molar-refractivity contribution is -0.137. The van der Waals surface area contributed by atoms with Crippen molar-refractivity contribution in [3.05, 3.63) is 40.2 Å². The maximum Gasteiger partial charge on any atom is 0.416 e. The van der Waals surface area contributed by atoms with E-state index in [4.69, 9.17) is 4.74 Å². The number of rotatable bonds is 5. The third-order valence-corrected chi connectivity index (χ3v) is 7.01. The van der Waals surface area contributed by atoms with E-state index in [1.807, 2.05) is 0 Å². The van der Waals surface area contributed by atoms with Crippen LogP contribution in [0.2, 0.25) is 0 Å². The predicted molar refractivity (Wildman–Crippen MR) is 92.7 cm³/mol. The number of hydrogen-bond donors (Lipinski definition) is 0. The number of nitrogens with zero attached hydrogens (tertiary/aromatic N) is 2. The number of aromatic nitrogens is 1. The number of esters is 1. The van der Waals surface area contributed by atoms with E-state index in [1.165, 1.54) is 11.4 Å². The molecule has 1 saturated heterocycles. The molecule has 12 heteroatoms. The summed E-state index contributed by atoms with van der Waals surface area (Å²) in [5.41, 5.74) is -0.902. The Hall–Kier alpha value is -2.18. The van der Waals surface area contributed by atoms with E-state index in [0.717, 1.165) is 41.1 Å². The zero-order chi connectivity index (χ0) is 20.5. The molecule has 1 aliphatic heterocycles. The second-order valence-electron chi connectivity index (χ2n) is 5.88. The second kappa shape index (κ2) is 7.68. The zero-order valence-corrected chi connectivity index (χ0v) is 16.1. The summed E-state index contributed by atoms with van der Waals surface area (Å²) in [5.74, 6) is -0.987. The van der Waals surface area contributed by atoms with Crippen LogP contribution >= 0.6 is 11.3 Å². The number of sulfonamides is 1. The van der Waals surface area contributed by atoms with Gasteiger partial charge in [-0.25, -0.2) is 18.2 Å². The number of hydrogen-bond acceptors (Lipinski definition) is 7. The summed E-state index contributed by atoms with van der Waals surface area (Å²) in [6.07, 6.45) is -3.94. The van der Waals surface area contributed by atoms with Gasteiger partial charge in [0.1, 0.15) is 15.9 Å². The molecule has 2 aromatic rings. The van der Waals surface area contributed by atoms with Gasteiger partial charge in [-0.15, -0.1) is 11.3 Å². The van der Waals surface area contributed by atoms with Gasteiger partial charge in [0.05, 0.1) is 19.2 Å². The van der Waals surface area contributed by atoms with Crippen LogP contribution in [-0.4, -0.2) is 50.0 Å². The molecule has 0 N–H and O–H groups in total. The van der Waals surface area contributed by atoms with Crippen LogP contribution in [0.5, 0.6) is 5.88 Å². The van der Waals surface area contributed by atoms with Gasteiger partial charge in [0.15, 0.2) is 0 Å². The summed E-state index contributed by atoms with van der Waals surface area (Å²) in [4.78, 5) is 15.3. The molecule has 1 fully saturated rings. The number of carbonyl (C=O) groups is 1. The Balaban J connectivity index is 1.74. The van der Waals surface area contributed by atoms with Gasteiger partial charge >= 0.3 is 12.1 Å². The average Bonchev–Trinajstić information content (AvgIpc) is 3.30. The summed E-state index contributed by atoms with van der Waals surface area (Å²) >= 11 is 0.947. The summed E-state index contributed by atoms with van der Waals surface area (Å²) in [7, 11) is -2.82. The summed E-state index contributed by atoms with van der Waals surface area (Å²) in [6.45, 7) is 0.0269. The minimum atomic E-state index is -4.53. The smallest absolute Gasteiger partial charge is 0.416 e. The van der Waals surface area contributed by atoms with Crippen molar-refractivity contribution in [3.8, 4) is 5.88 Å². The Bertz CT molecular complexity index is 975. The summed E-state index contributed by atoms with van der Waals surface area (Å²) in [6, 6.07) is 2.91. The fourth-order valence-corrected chi connectivity index (χ4v) is 5.51. The first kappa shape index (κ1) is 20.6. The first-order valence-corrected chi connectivity index (χ1v) is 10.3. The average molecular weight is 436 g/mol. The fraction of sp³-hybridized carbons (Fsp3) is 0.375. The van der Waals surface area contributed by atoms with Crippen molar-refractivity contribution in [1.29, 1.82) is 0 Å². The monoisotopic (exact) mass is 436 g/mol. The minimum absolute atomic E-state index is 0.0357. The highest BCUT2D eigenvalue weighted by Crippen LogP contribution is 2.32. The van der Waals surface area contributed by atoms with Crippen molar-refractivity contribution >= 4 is 27.3 Å². The Labute approximate surface area is 162 Å². The third-order valence-electron chi connectivity index (χ3n) is 4.08. The maximum atomic E-state index is 12.8. The highest BCUT2D eigenvalue weighted by molar-refractivity contribution is 7.89. The van der Waals surface area contributed by atoms with Crippen molar-refractivity contribution < 1.29 is 35.9 Å². The van der Waals surface area contributed by atoms with Gasteiger partial charge in [0.2, 0.25) is 15.9 Å². The van der Waals surface area contributed by atoms with Crippen molar-refractivity contribution in [1.82, 2.24) is 9.29 Å². The quantitative estimate of drug-likeness (QED) is 0.670. The lowest BCUT2D eigenvalue weighted by Crippen LogP contribution is -2.31. The molecule has 0 radical (unpaired) electrons. The topological polar surface area (TPSA) is 85.8 Å². The van der Waals surface area contributed by atoms with Crippen LogP contribution in [0.15, 0.2) is 34.7 Å². The van der Waals surface area contributed by atoms with Gasteiger partial charge in [0.25, 0.3) is 0 Å². The SMILES string of the molecule is COC(=O)c1sccc1S(=O)(=O)N1CCC(Oc2cc(C(F)(F)F)ccn2)C1. The van der Waals surface area contributed by atoms with E-state index < -0.39 is 33.8 Å². The molecular weight excluding hydrogens is 421 g/mol. The molecule has 2 aromatic heterocycles. The molecule has 152 valence electrons. The predicted octanol–water partition coefficient (Wildman–Crippen LogP) is 2.79. The van der Waals surface area contributed by atoms with Gasteiger partial charge < -0.3 is 9.47 Å². The molecule has 0 saturated carbocycles. The summed E-state index contributed by atoms with van der Waals surface area (Å²) < 4.78 is 75.2. The van der Waals surface area contributed by atoms with Crippen LogP contribution in [0.4, 0.5) is 13.2 Å². The van der Waals surface area contributed by atoms with Gasteiger partial charge in [-0.1, -0.05) is 0 Å². The number of ether oxygens (including phenoxy) is 2. The molecule has 1 atom stereocenters. The molecule has 0 aromatic carbocycles. The van der Waals surface area contributed by atoms with Gasteiger partial charge in [-0.3, -0.25) is 0 Å². The van der Waals surface area contributed by atoms with E-state index in [-0.39, 0.29) is 35.2 Å². The van der Waals surface area contributed by atoms with E-state index in [0.29, 0.717) is 0 Å². The maximum absolute atomic E-state index is 12.8. The van der Waals surface area contributed by atoms with Crippen molar-refractivity contribution in [2.24, 2.45) is 0 Å². The van der Waals surface area contributed by atoms with Crippen LogP contribution in [0.25, 0.3) is 0 Å². The van der Waals surface area contributed by atoms with Crippen LogP contribution < -0.4 is 4.74 Å². The highest BCUT2D eigenvalue weighted by Gasteiger charge is 2.37. The normalized spacial score (nSPS) is 18.2. The van der Waals surface area contributed by atoms with Crippen molar-refractivity contribution in [2.45, 2.75) is 23.6 Å². The lowest BCUT2D eigenvalue weighted by Gasteiger charge is -2.17. The zero-order valence-electron chi connectivity index (χ0n) is 14.5. The molecule has 3 heterocycles. The Morgan fingerprint density at radius 2 is 2.11 bits per heavy atom. The Morgan fingerprint density at radius 1 is 1.36 bits per heavy atom. The molecular formula is C16H15F3N2O5S2. The largest absolute Gasteiger partial charge is 0.473 e. The molecule has 3 rings (SSSR count). The molecule has 0 amide bonds. The number of alkyl halides is 3. The first-order chi connectivity index (χ1) is 13.1.